The largest absolute Gasteiger partial charge is 0.324 e. The molecule has 2 fully saturated rings. The Kier molecular flexibility index (Phi) is 6.08. The molecular weight excluding hydrogens is 346 g/mol. The number of nitrogens with zero attached hydrogens (tertiary/aromatic N) is 2. The molecule has 2 aromatic rings. The molecule has 0 aromatic heterocycles. The number of aryl methyl sites for hydroxylation is 1. The van der Waals surface area contributed by atoms with Crippen molar-refractivity contribution < 1.29 is 4.79 Å². The minimum absolute atomic E-state index is 0.0645. The number of anilines is 1. The molecule has 0 bridgehead atoms. The van der Waals surface area contributed by atoms with Gasteiger partial charge in [-0.2, -0.15) is 0 Å². The van der Waals surface area contributed by atoms with Crippen LogP contribution in [0, 0.1) is 6.92 Å². The van der Waals surface area contributed by atoms with Crippen molar-refractivity contribution in [2.75, 3.05) is 31.5 Å². The van der Waals surface area contributed by atoms with E-state index in [2.05, 4.69) is 34.2 Å². The summed E-state index contributed by atoms with van der Waals surface area (Å²) < 4.78 is 0. The van der Waals surface area contributed by atoms with E-state index in [1.807, 2.05) is 42.5 Å². The lowest BCUT2D eigenvalue weighted by Crippen LogP contribution is -2.47. The third kappa shape index (κ3) is 4.45. The van der Waals surface area contributed by atoms with Crippen LogP contribution >= 0.6 is 0 Å². The van der Waals surface area contributed by atoms with E-state index in [0.717, 1.165) is 37.2 Å². The third-order valence-electron chi connectivity index (χ3n) is 6.20. The highest BCUT2D eigenvalue weighted by Gasteiger charge is 2.33. The standard InChI is InChI=1S/C24H31N3O/c1-19-9-11-21(12-10-19)25-24(28)23(20-7-3-2-4-8-20)27-17-13-22(14-18-27)26-15-5-6-16-26/h2-4,7-12,22-23H,5-6,13-18H2,1H3,(H,25,28). The average Bonchev–Trinajstić information content (AvgIpc) is 3.26. The van der Waals surface area contributed by atoms with Crippen molar-refractivity contribution in [1.29, 1.82) is 0 Å². The fourth-order valence-corrected chi connectivity index (χ4v) is 4.63. The van der Waals surface area contributed by atoms with E-state index in [1.54, 1.807) is 0 Å². The summed E-state index contributed by atoms with van der Waals surface area (Å²) in [5.74, 6) is 0.0645. The summed E-state index contributed by atoms with van der Waals surface area (Å²) in [4.78, 5) is 18.3. The molecule has 4 nitrogen and oxygen atoms in total. The van der Waals surface area contributed by atoms with Gasteiger partial charge in [0.05, 0.1) is 0 Å². The number of nitrogens with one attached hydrogen (secondary N) is 1. The quantitative estimate of drug-likeness (QED) is 0.847. The molecule has 2 aliphatic heterocycles. The first-order chi connectivity index (χ1) is 13.7. The summed E-state index contributed by atoms with van der Waals surface area (Å²) in [5, 5.41) is 3.14. The van der Waals surface area contributed by atoms with Crippen molar-refractivity contribution in [1.82, 2.24) is 9.80 Å². The van der Waals surface area contributed by atoms with Crippen LogP contribution in [0.1, 0.15) is 42.9 Å². The Morgan fingerprint density at radius 2 is 1.57 bits per heavy atom. The summed E-state index contributed by atoms with van der Waals surface area (Å²) in [6.07, 6.45) is 4.99. The molecule has 0 spiro atoms. The maximum atomic E-state index is 13.3. The molecule has 4 rings (SSSR count). The molecule has 2 heterocycles. The smallest absolute Gasteiger partial charge is 0.246 e. The number of benzene rings is 2. The summed E-state index contributed by atoms with van der Waals surface area (Å²) >= 11 is 0. The summed E-state index contributed by atoms with van der Waals surface area (Å²) in [7, 11) is 0. The Hall–Kier alpha value is -2.17. The van der Waals surface area contributed by atoms with E-state index >= 15 is 0 Å². The zero-order valence-corrected chi connectivity index (χ0v) is 16.8. The van der Waals surface area contributed by atoms with Crippen LogP contribution in [0.2, 0.25) is 0 Å². The number of likely N-dealkylation sites (tertiary alicyclic amines) is 2. The second kappa shape index (κ2) is 8.89. The zero-order valence-electron chi connectivity index (χ0n) is 16.8. The first kappa shape index (κ1) is 19.2. The van der Waals surface area contributed by atoms with Gasteiger partial charge in [0.1, 0.15) is 6.04 Å². The predicted molar refractivity (Wildman–Crippen MR) is 114 cm³/mol. The van der Waals surface area contributed by atoms with Gasteiger partial charge in [-0.3, -0.25) is 9.69 Å². The Morgan fingerprint density at radius 1 is 0.929 bits per heavy atom. The second-order valence-corrected chi connectivity index (χ2v) is 8.18. The van der Waals surface area contributed by atoms with Crippen molar-refractivity contribution in [3.05, 3.63) is 65.7 Å². The predicted octanol–water partition coefficient (Wildman–Crippen LogP) is 4.24. The van der Waals surface area contributed by atoms with Gasteiger partial charge in [-0.05, 0) is 63.4 Å². The van der Waals surface area contributed by atoms with Crippen LogP contribution in [0.15, 0.2) is 54.6 Å². The number of rotatable bonds is 5. The highest BCUT2D eigenvalue weighted by atomic mass is 16.2. The third-order valence-corrected chi connectivity index (χ3v) is 6.20. The van der Waals surface area contributed by atoms with Gasteiger partial charge in [0, 0.05) is 24.8 Å². The van der Waals surface area contributed by atoms with Crippen LogP contribution in [0.4, 0.5) is 5.69 Å². The van der Waals surface area contributed by atoms with Crippen LogP contribution < -0.4 is 5.32 Å². The van der Waals surface area contributed by atoms with Gasteiger partial charge < -0.3 is 10.2 Å². The molecule has 1 amide bonds. The van der Waals surface area contributed by atoms with E-state index in [-0.39, 0.29) is 11.9 Å². The van der Waals surface area contributed by atoms with Crippen molar-refractivity contribution in [3.8, 4) is 0 Å². The Morgan fingerprint density at radius 3 is 2.21 bits per heavy atom. The highest BCUT2D eigenvalue weighted by Crippen LogP contribution is 2.29. The minimum Gasteiger partial charge on any atom is -0.324 e. The van der Waals surface area contributed by atoms with E-state index in [1.165, 1.54) is 31.5 Å². The van der Waals surface area contributed by atoms with Crippen LogP contribution in [-0.2, 0) is 4.79 Å². The lowest BCUT2D eigenvalue weighted by Gasteiger charge is -2.40. The lowest BCUT2D eigenvalue weighted by molar-refractivity contribution is -0.122. The number of amides is 1. The number of carbonyl (C=O) groups excluding carboxylic acids is 1. The Bertz CT molecular complexity index is 760. The van der Waals surface area contributed by atoms with Crippen molar-refractivity contribution in [3.63, 3.8) is 0 Å². The first-order valence-corrected chi connectivity index (χ1v) is 10.6. The average molecular weight is 378 g/mol. The van der Waals surface area contributed by atoms with Gasteiger partial charge >= 0.3 is 0 Å². The fraction of sp³-hybridized carbons (Fsp3) is 0.458. The highest BCUT2D eigenvalue weighted by molar-refractivity contribution is 5.95. The summed E-state index contributed by atoms with van der Waals surface area (Å²) in [6, 6.07) is 18.7. The normalized spacial score (nSPS) is 20.2. The van der Waals surface area contributed by atoms with Crippen LogP contribution in [0.3, 0.4) is 0 Å². The zero-order chi connectivity index (χ0) is 19.3. The van der Waals surface area contributed by atoms with Crippen molar-refractivity contribution in [2.24, 2.45) is 0 Å². The maximum absolute atomic E-state index is 13.3. The van der Waals surface area contributed by atoms with E-state index in [9.17, 15) is 4.79 Å². The maximum Gasteiger partial charge on any atom is 0.246 e. The van der Waals surface area contributed by atoms with Gasteiger partial charge in [-0.25, -0.2) is 0 Å². The van der Waals surface area contributed by atoms with Gasteiger partial charge in [0.25, 0.3) is 0 Å². The molecule has 148 valence electrons. The molecule has 0 radical (unpaired) electrons. The Labute approximate surface area is 168 Å². The lowest BCUT2D eigenvalue weighted by atomic mass is 9.97. The molecular formula is C24H31N3O. The Balaban J connectivity index is 1.48. The monoisotopic (exact) mass is 377 g/mol. The molecule has 1 atom stereocenters. The molecule has 2 aromatic carbocycles. The van der Waals surface area contributed by atoms with Gasteiger partial charge in [-0.15, -0.1) is 0 Å². The number of hydrogen-bond donors (Lipinski definition) is 1. The fourth-order valence-electron chi connectivity index (χ4n) is 4.63. The SMILES string of the molecule is Cc1ccc(NC(=O)C(c2ccccc2)N2CCC(N3CCCC3)CC2)cc1. The second-order valence-electron chi connectivity index (χ2n) is 8.18. The molecule has 0 aliphatic carbocycles. The molecule has 4 heteroatoms. The van der Waals surface area contributed by atoms with E-state index < -0.39 is 0 Å². The molecule has 1 N–H and O–H groups in total. The molecule has 0 saturated carbocycles. The summed E-state index contributed by atoms with van der Waals surface area (Å²) in [6.45, 7) is 6.51. The first-order valence-electron chi connectivity index (χ1n) is 10.6. The van der Waals surface area contributed by atoms with E-state index in [4.69, 9.17) is 0 Å². The molecule has 28 heavy (non-hydrogen) atoms. The summed E-state index contributed by atoms with van der Waals surface area (Å²) in [5.41, 5.74) is 3.14. The number of piperidine rings is 1. The van der Waals surface area contributed by atoms with Gasteiger partial charge in [0.15, 0.2) is 0 Å². The minimum atomic E-state index is -0.234. The molecule has 2 aliphatic rings. The van der Waals surface area contributed by atoms with Gasteiger partial charge in [0.2, 0.25) is 5.91 Å². The van der Waals surface area contributed by atoms with E-state index in [0.29, 0.717) is 6.04 Å². The van der Waals surface area contributed by atoms with Crippen molar-refractivity contribution >= 4 is 11.6 Å². The van der Waals surface area contributed by atoms with Crippen molar-refractivity contribution in [2.45, 2.75) is 44.7 Å². The van der Waals surface area contributed by atoms with Gasteiger partial charge in [-0.1, -0.05) is 48.0 Å². The molecule has 1 unspecified atom stereocenters. The number of hydrogen-bond acceptors (Lipinski definition) is 3. The van der Waals surface area contributed by atoms with Crippen LogP contribution in [0.5, 0.6) is 0 Å². The number of carbonyl (C=O) groups is 1. The van der Waals surface area contributed by atoms with Crippen LogP contribution in [-0.4, -0.2) is 47.9 Å². The molecule has 2 saturated heterocycles. The van der Waals surface area contributed by atoms with Crippen LogP contribution in [0.25, 0.3) is 0 Å². The topological polar surface area (TPSA) is 35.6 Å².